The van der Waals surface area contributed by atoms with Gasteiger partial charge in [-0.15, -0.1) is 6.58 Å². The van der Waals surface area contributed by atoms with Crippen molar-refractivity contribution in [2.75, 3.05) is 18.5 Å². The molecule has 3 heteroatoms. The summed E-state index contributed by atoms with van der Waals surface area (Å²) in [5.41, 5.74) is 1.11. The van der Waals surface area contributed by atoms with Crippen molar-refractivity contribution in [3.05, 3.63) is 42.5 Å². The molecule has 86 valence electrons. The van der Waals surface area contributed by atoms with Gasteiger partial charge in [0.05, 0.1) is 11.3 Å². The van der Waals surface area contributed by atoms with Crippen LogP contribution < -0.4 is 4.90 Å². The van der Waals surface area contributed by atoms with Gasteiger partial charge in [0.25, 0.3) is 0 Å². The van der Waals surface area contributed by atoms with E-state index < -0.39 is 5.97 Å². The molecule has 0 radical (unpaired) electrons. The van der Waals surface area contributed by atoms with E-state index in [9.17, 15) is 4.79 Å². The lowest BCUT2D eigenvalue weighted by Gasteiger charge is -2.20. The van der Waals surface area contributed by atoms with Gasteiger partial charge in [-0.25, -0.2) is 4.79 Å². The maximum Gasteiger partial charge on any atom is 0.337 e. The number of carboxylic acids is 1. The highest BCUT2D eigenvalue weighted by atomic mass is 16.4. The van der Waals surface area contributed by atoms with Crippen molar-refractivity contribution >= 4 is 11.7 Å². The number of carbonyl (C=O) groups is 1. The maximum absolute atomic E-state index is 11.0. The van der Waals surface area contributed by atoms with Gasteiger partial charge in [-0.2, -0.15) is 0 Å². The Morgan fingerprint density at radius 3 is 2.81 bits per heavy atom. The van der Waals surface area contributed by atoms with Crippen LogP contribution in [0.3, 0.4) is 0 Å². The molecule has 0 bridgehead atoms. The SMILES string of the molecule is C=CCCCN(C)c1ccccc1C(=O)O. The van der Waals surface area contributed by atoms with Gasteiger partial charge in [0, 0.05) is 13.6 Å². The fourth-order valence-electron chi connectivity index (χ4n) is 1.58. The minimum Gasteiger partial charge on any atom is -0.478 e. The van der Waals surface area contributed by atoms with E-state index in [4.69, 9.17) is 5.11 Å². The van der Waals surface area contributed by atoms with E-state index in [2.05, 4.69) is 6.58 Å². The molecule has 1 N–H and O–H groups in total. The van der Waals surface area contributed by atoms with Crippen molar-refractivity contribution in [1.29, 1.82) is 0 Å². The van der Waals surface area contributed by atoms with Crippen molar-refractivity contribution in [2.24, 2.45) is 0 Å². The van der Waals surface area contributed by atoms with E-state index in [-0.39, 0.29) is 0 Å². The smallest absolute Gasteiger partial charge is 0.337 e. The van der Waals surface area contributed by atoms with Crippen LogP contribution in [-0.2, 0) is 0 Å². The fraction of sp³-hybridized carbons (Fsp3) is 0.308. The van der Waals surface area contributed by atoms with E-state index >= 15 is 0 Å². The predicted octanol–water partition coefficient (Wildman–Crippen LogP) is 2.79. The van der Waals surface area contributed by atoms with Crippen LogP contribution in [-0.4, -0.2) is 24.7 Å². The lowest BCUT2D eigenvalue weighted by atomic mass is 10.1. The summed E-state index contributed by atoms with van der Waals surface area (Å²) in [6.45, 7) is 4.49. The number of allylic oxidation sites excluding steroid dienone is 1. The third kappa shape index (κ3) is 3.12. The summed E-state index contributed by atoms with van der Waals surface area (Å²) in [5.74, 6) is -0.883. The van der Waals surface area contributed by atoms with E-state index in [0.717, 1.165) is 25.1 Å². The average molecular weight is 219 g/mol. The van der Waals surface area contributed by atoms with Crippen molar-refractivity contribution in [1.82, 2.24) is 0 Å². The molecule has 0 saturated carbocycles. The standard InChI is InChI=1S/C13H17NO2/c1-3-4-7-10-14(2)12-9-6-5-8-11(12)13(15)16/h3,5-6,8-9H,1,4,7,10H2,2H3,(H,15,16). The highest BCUT2D eigenvalue weighted by Crippen LogP contribution is 2.19. The molecular weight excluding hydrogens is 202 g/mol. The van der Waals surface area contributed by atoms with Gasteiger partial charge in [-0.3, -0.25) is 0 Å². The molecule has 1 aromatic carbocycles. The van der Waals surface area contributed by atoms with Gasteiger partial charge in [-0.1, -0.05) is 18.2 Å². The van der Waals surface area contributed by atoms with Crippen LogP contribution in [0.1, 0.15) is 23.2 Å². The van der Waals surface area contributed by atoms with Crippen LogP contribution in [0.2, 0.25) is 0 Å². The van der Waals surface area contributed by atoms with Crippen LogP contribution in [0.4, 0.5) is 5.69 Å². The molecule has 0 aliphatic rings. The van der Waals surface area contributed by atoms with Gasteiger partial charge in [0.15, 0.2) is 0 Å². The number of unbranched alkanes of at least 4 members (excludes halogenated alkanes) is 1. The molecule has 1 aromatic rings. The van der Waals surface area contributed by atoms with Crippen LogP contribution in [0, 0.1) is 0 Å². The molecule has 16 heavy (non-hydrogen) atoms. The Bertz CT molecular complexity index is 374. The zero-order valence-corrected chi connectivity index (χ0v) is 9.52. The van der Waals surface area contributed by atoms with Gasteiger partial charge < -0.3 is 10.0 Å². The second-order valence-electron chi connectivity index (χ2n) is 3.67. The van der Waals surface area contributed by atoms with Crippen LogP contribution in [0.25, 0.3) is 0 Å². The molecular formula is C13H17NO2. The summed E-state index contributed by atoms with van der Waals surface area (Å²) in [7, 11) is 1.91. The third-order valence-electron chi connectivity index (χ3n) is 2.45. The summed E-state index contributed by atoms with van der Waals surface area (Å²) in [4.78, 5) is 13.0. The minimum atomic E-state index is -0.883. The molecule has 0 aliphatic carbocycles. The Labute approximate surface area is 96.0 Å². The lowest BCUT2D eigenvalue weighted by molar-refractivity contribution is 0.0697. The fourth-order valence-corrected chi connectivity index (χ4v) is 1.58. The quantitative estimate of drug-likeness (QED) is 0.590. The number of rotatable bonds is 6. The summed E-state index contributed by atoms with van der Waals surface area (Å²) in [6, 6.07) is 7.05. The molecule has 0 aromatic heterocycles. The second kappa shape index (κ2) is 5.95. The first kappa shape index (κ1) is 12.3. The molecule has 0 saturated heterocycles. The van der Waals surface area contributed by atoms with Gasteiger partial charge in [0.1, 0.15) is 0 Å². The molecule has 0 amide bonds. The number of para-hydroxylation sites is 1. The number of hydrogen-bond donors (Lipinski definition) is 1. The normalized spacial score (nSPS) is 9.81. The first-order valence-electron chi connectivity index (χ1n) is 5.31. The summed E-state index contributed by atoms with van der Waals surface area (Å²) in [5, 5.41) is 9.04. The summed E-state index contributed by atoms with van der Waals surface area (Å²) < 4.78 is 0. The Morgan fingerprint density at radius 2 is 2.19 bits per heavy atom. The second-order valence-corrected chi connectivity index (χ2v) is 3.67. The average Bonchev–Trinajstić information content (AvgIpc) is 2.29. The largest absolute Gasteiger partial charge is 0.478 e. The summed E-state index contributed by atoms with van der Waals surface area (Å²) >= 11 is 0. The van der Waals surface area contributed by atoms with Gasteiger partial charge >= 0.3 is 5.97 Å². The lowest BCUT2D eigenvalue weighted by Crippen LogP contribution is -2.20. The number of aromatic carboxylic acids is 1. The van der Waals surface area contributed by atoms with E-state index in [1.165, 1.54) is 0 Å². The predicted molar refractivity (Wildman–Crippen MR) is 66.1 cm³/mol. The van der Waals surface area contributed by atoms with E-state index in [1.807, 2.05) is 30.2 Å². The third-order valence-corrected chi connectivity index (χ3v) is 2.45. The Balaban J connectivity index is 2.77. The zero-order valence-electron chi connectivity index (χ0n) is 9.52. The highest BCUT2D eigenvalue weighted by Gasteiger charge is 2.11. The molecule has 0 atom stereocenters. The topological polar surface area (TPSA) is 40.5 Å². The number of hydrogen-bond acceptors (Lipinski definition) is 2. The molecule has 0 aliphatic heterocycles. The maximum atomic E-state index is 11.0. The van der Waals surface area contributed by atoms with Crippen molar-refractivity contribution in [2.45, 2.75) is 12.8 Å². The molecule has 3 nitrogen and oxygen atoms in total. The van der Waals surface area contributed by atoms with E-state index in [0.29, 0.717) is 5.56 Å². The van der Waals surface area contributed by atoms with Crippen molar-refractivity contribution < 1.29 is 9.90 Å². The first-order valence-corrected chi connectivity index (χ1v) is 5.31. The van der Waals surface area contributed by atoms with Crippen LogP contribution in [0.5, 0.6) is 0 Å². The molecule has 0 heterocycles. The van der Waals surface area contributed by atoms with Crippen molar-refractivity contribution in [3.8, 4) is 0 Å². The van der Waals surface area contributed by atoms with Gasteiger partial charge in [0.2, 0.25) is 0 Å². The van der Waals surface area contributed by atoms with Gasteiger partial charge in [-0.05, 0) is 25.0 Å². The Kier molecular flexibility index (Phi) is 4.58. The molecule has 0 unspecified atom stereocenters. The Morgan fingerprint density at radius 1 is 1.50 bits per heavy atom. The monoisotopic (exact) mass is 219 g/mol. The highest BCUT2D eigenvalue weighted by molar-refractivity contribution is 5.94. The number of anilines is 1. The Hall–Kier alpha value is -1.77. The molecule has 1 rings (SSSR count). The first-order chi connectivity index (χ1) is 7.66. The minimum absolute atomic E-state index is 0.351. The number of nitrogens with zero attached hydrogens (tertiary/aromatic N) is 1. The van der Waals surface area contributed by atoms with E-state index in [1.54, 1.807) is 12.1 Å². The number of carboxylic acid groups (broad SMARTS) is 1. The molecule has 0 spiro atoms. The van der Waals surface area contributed by atoms with Crippen molar-refractivity contribution in [3.63, 3.8) is 0 Å². The van der Waals surface area contributed by atoms with Crippen LogP contribution in [0.15, 0.2) is 36.9 Å². The van der Waals surface area contributed by atoms with Crippen LogP contribution >= 0.6 is 0 Å². The zero-order chi connectivity index (χ0) is 12.0. The number of benzene rings is 1. The molecule has 0 fully saturated rings. The summed E-state index contributed by atoms with van der Waals surface area (Å²) in [6.07, 6.45) is 3.80.